The van der Waals surface area contributed by atoms with Crippen molar-refractivity contribution in [2.24, 2.45) is 5.73 Å². The van der Waals surface area contributed by atoms with Crippen LogP contribution in [0.4, 0.5) is 17.6 Å². The zero-order valence-corrected chi connectivity index (χ0v) is 21.0. The Bertz CT molecular complexity index is 1550. The summed E-state index contributed by atoms with van der Waals surface area (Å²) in [6, 6.07) is 8.09. The number of nitrogens with zero attached hydrogens (tertiary/aromatic N) is 2. The van der Waals surface area contributed by atoms with Gasteiger partial charge in [0, 0.05) is 17.7 Å². The quantitative estimate of drug-likeness (QED) is 0.377. The van der Waals surface area contributed by atoms with Crippen molar-refractivity contribution < 1.29 is 31.9 Å². The lowest BCUT2D eigenvalue weighted by Crippen LogP contribution is -2.26. The molecule has 2 aliphatic rings. The number of allylic oxidation sites excluding steroid dienone is 4. The van der Waals surface area contributed by atoms with E-state index in [1.807, 2.05) is 0 Å². The Labute approximate surface area is 220 Å². The van der Waals surface area contributed by atoms with Crippen molar-refractivity contribution in [2.45, 2.75) is 38.5 Å². The zero-order chi connectivity index (χ0) is 28.1. The highest BCUT2D eigenvalue weighted by molar-refractivity contribution is 6.06. The minimum absolute atomic E-state index is 0.0345. The number of aromatic nitrogens is 2. The van der Waals surface area contributed by atoms with Gasteiger partial charge in [0.1, 0.15) is 23.3 Å². The highest BCUT2D eigenvalue weighted by atomic mass is 19.4. The summed E-state index contributed by atoms with van der Waals surface area (Å²) < 4.78 is 60.9. The van der Waals surface area contributed by atoms with Crippen molar-refractivity contribution in [3.63, 3.8) is 0 Å². The fourth-order valence-electron chi connectivity index (χ4n) is 4.70. The number of primary amides is 1. The summed E-state index contributed by atoms with van der Waals surface area (Å²) in [5, 5.41) is 6.93. The van der Waals surface area contributed by atoms with E-state index >= 15 is 0 Å². The van der Waals surface area contributed by atoms with Gasteiger partial charge in [0.25, 0.3) is 11.8 Å². The lowest BCUT2D eigenvalue weighted by Gasteiger charge is -2.19. The van der Waals surface area contributed by atoms with Crippen molar-refractivity contribution in [3.8, 4) is 17.0 Å². The number of alkyl halides is 3. The van der Waals surface area contributed by atoms with Gasteiger partial charge in [-0.05, 0) is 49.1 Å². The largest absolute Gasteiger partial charge is 0.496 e. The molecule has 5 rings (SSSR count). The van der Waals surface area contributed by atoms with Gasteiger partial charge in [-0.2, -0.15) is 18.3 Å². The van der Waals surface area contributed by atoms with Crippen LogP contribution in [0.15, 0.2) is 59.7 Å². The lowest BCUT2D eigenvalue weighted by molar-refractivity contribution is -0.165. The zero-order valence-electron chi connectivity index (χ0n) is 21.0. The molecule has 2 aliphatic carbocycles. The Balaban J connectivity index is 1.45. The molecule has 0 bridgehead atoms. The predicted octanol–water partition coefficient (Wildman–Crippen LogP) is 5.34. The first-order valence-electron chi connectivity index (χ1n) is 12.1. The second-order valence-electron chi connectivity index (χ2n) is 9.40. The molecule has 1 aromatic heterocycles. The van der Waals surface area contributed by atoms with Crippen molar-refractivity contribution >= 4 is 17.4 Å². The van der Waals surface area contributed by atoms with Crippen molar-refractivity contribution in [1.82, 2.24) is 15.1 Å². The van der Waals surface area contributed by atoms with Gasteiger partial charge in [-0.15, -0.1) is 0 Å². The van der Waals surface area contributed by atoms with Crippen LogP contribution in [-0.2, 0) is 6.54 Å². The molecule has 2 amide bonds. The summed E-state index contributed by atoms with van der Waals surface area (Å²) in [7, 11) is 1.37. The number of methoxy groups -OCH3 is 1. The van der Waals surface area contributed by atoms with E-state index in [9.17, 15) is 27.2 Å². The molecule has 1 heterocycles. The van der Waals surface area contributed by atoms with E-state index in [2.05, 4.69) is 10.4 Å². The van der Waals surface area contributed by atoms with Crippen molar-refractivity contribution in [1.29, 1.82) is 0 Å². The van der Waals surface area contributed by atoms with Gasteiger partial charge >= 0.3 is 6.18 Å². The highest BCUT2D eigenvalue weighted by Gasteiger charge is 2.43. The van der Waals surface area contributed by atoms with Crippen LogP contribution in [0.2, 0.25) is 0 Å². The Kier molecular flexibility index (Phi) is 6.53. The van der Waals surface area contributed by atoms with Gasteiger partial charge in [-0.25, -0.2) is 4.39 Å². The number of ether oxygens (including phenoxy) is 1. The number of hydrogen-bond acceptors (Lipinski definition) is 4. The van der Waals surface area contributed by atoms with Gasteiger partial charge in [-0.3, -0.25) is 14.3 Å². The molecule has 202 valence electrons. The van der Waals surface area contributed by atoms with Crippen LogP contribution in [0.1, 0.15) is 57.8 Å². The topological polar surface area (TPSA) is 99.2 Å². The molecule has 0 aliphatic heterocycles. The van der Waals surface area contributed by atoms with Crippen LogP contribution < -0.4 is 15.8 Å². The number of carbonyl (C=O) groups excluding carboxylic acids is 2. The van der Waals surface area contributed by atoms with Crippen molar-refractivity contribution in [3.05, 3.63) is 87.9 Å². The predicted molar refractivity (Wildman–Crippen MR) is 135 cm³/mol. The molecule has 2 aromatic carbocycles. The van der Waals surface area contributed by atoms with Crippen molar-refractivity contribution in [2.75, 3.05) is 7.11 Å². The molecule has 0 fully saturated rings. The van der Waals surface area contributed by atoms with Gasteiger partial charge in [0.05, 0.1) is 23.9 Å². The number of benzene rings is 2. The van der Waals surface area contributed by atoms with Gasteiger partial charge in [0.2, 0.25) is 0 Å². The van der Waals surface area contributed by atoms with Crippen LogP contribution in [0.5, 0.6) is 5.75 Å². The first-order chi connectivity index (χ1) is 18.5. The van der Waals surface area contributed by atoms with E-state index in [-0.39, 0.29) is 34.8 Å². The summed E-state index contributed by atoms with van der Waals surface area (Å²) in [6.45, 7) is 1.07. The molecule has 0 saturated heterocycles. The monoisotopic (exact) mass is 540 g/mol. The van der Waals surface area contributed by atoms with Crippen LogP contribution in [0.25, 0.3) is 16.8 Å². The normalized spacial score (nSPS) is 15.1. The van der Waals surface area contributed by atoms with Crippen LogP contribution in [-0.4, -0.2) is 34.9 Å². The highest BCUT2D eigenvalue weighted by Crippen LogP contribution is 2.51. The molecule has 3 aromatic rings. The molecular formula is C28H24F4N4O3. The average Bonchev–Trinajstić information content (AvgIpc) is 3.38. The number of carbonyl (C=O) groups is 2. The number of nitrogens with two attached hydrogens (primary N) is 1. The maximum Gasteiger partial charge on any atom is 0.410 e. The Morgan fingerprint density at radius 3 is 2.46 bits per heavy atom. The Morgan fingerprint density at radius 2 is 1.90 bits per heavy atom. The number of hydrogen-bond donors (Lipinski definition) is 2. The van der Waals surface area contributed by atoms with E-state index in [0.29, 0.717) is 29.5 Å². The number of amides is 2. The fraction of sp³-hybridized carbons (Fsp3) is 0.250. The number of nitrogens with one attached hydrogen (secondary N) is 1. The van der Waals surface area contributed by atoms with E-state index < -0.39 is 29.8 Å². The third-order valence-electron chi connectivity index (χ3n) is 6.91. The first-order valence-corrected chi connectivity index (χ1v) is 12.1. The summed E-state index contributed by atoms with van der Waals surface area (Å²) in [5.41, 5.74) is 9.46. The minimum Gasteiger partial charge on any atom is -0.496 e. The van der Waals surface area contributed by atoms with E-state index in [0.717, 1.165) is 28.8 Å². The summed E-state index contributed by atoms with van der Waals surface area (Å²) in [5.74, 6) is -1.79. The van der Waals surface area contributed by atoms with Gasteiger partial charge < -0.3 is 15.8 Å². The number of rotatable bonds is 8. The standard InChI is InChI=1S/C28H24F4N4O3/c1-14(28(30,31)32)36-25(19-9-7-17-11-20(17)19)23(26(33)37)24(35-36)16-5-3-15(4-6-16)13-34-27(38)21-12-18(29)8-10-22(21)39-2/h3-6,8-10,12,14H,7,11,13H2,1-2H3,(H2,33,37)(H,34,38)/t14-/m0/s1. The van der Waals surface area contributed by atoms with E-state index in [1.54, 1.807) is 30.3 Å². The SMILES string of the molecule is COc1ccc(F)cc1C(=O)NCc1ccc(-c2nn([C@@H](C)C(F)(F)F)c(C3=CCC4=C3C4)c2C(N)=O)cc1. The van der Waals surface area contributed by atoms with Crippen LogP contribution in [0, 0.1) is 5.82 Å². The summed E-state index contributed by atoms with van der Waals surface area (Å²) in [4.78, 5) is 25.2. The number of halogens is 4. The molecule has 0 spiro atoms. The maximum absolute atomic E-state index is 13.8. The molecule has 0 unspecified atom stereocenters. The molecule has 3 N–H and O–H groups in total. The summed E-state index contributed by atoms with van der Waals surface area (Å²) >= 11 is 0. The maximum atomic E-state index is 13.8. The Hall–Kier alpha value is -4.41. The lowest BCUT2D eigenvalue weighted by atomic mass is 9.98. The summed E-state index contributed by atoms with van der Waals surface area (Å²) in [6.07, 6.45) is -1.46. The third kappa shape index (κ3) is 4.91. The van der Waals surface area contributed by atoms with Gasteiger partial charge in [-0.1, -0.05) is 35.9 Å². The molecule has 39 heavy (non-hydrogen) atoms. The molecule has 0 saturated carbocycles. The Morgan fingerprint density at radius 1 is 1.18 bits per heavy atom. The van der Waals surface area contributed by atoms with E-state index in [1.165, 1.54) is 19.2 Å². The molecule has 1 atom stereocenters. The molecule has 7 nitrogen and oxygen atoms in total. The molecular weight excluding hydrogens is 516 g/mol. The average molecular weight is 541 g/mol. The smallest absolute Gasteiger partial charge is 0.410 e. The third-order valence-corrected chi connectivity index (χ3v) is 6.91. The molecule has 11 heteroatoms. The van der Waals surface area contributed by atoms with Crippen LogP contribution >= 0.6 is 0 Å². The van der Waals surface area contributed by atoms with E-state index in [4.69, 9.17) is 10.5 Å². The first kappa shape index (κ1) is 26.2. The second kappa shape index (κ2) is 9.72. The fourth-order valence-corrected chi connectivity index (χ4v) is 4.70. The van der Waals surface area contributed by atoms with Crippen LogP contribution in [0.3, 0.4) is 0 Å². The molecule has 0 radical (unpaired) electrons. The van der Waals surface area contributed by atoms with Gasteiger partial charge in [0.15, 0.2) is 0 Å². The minimum atomic E-state index is -4.60. The second-order valence-corrected chi connectivity index (χ2v) is 9.40.